The quantitative estimate of drug-likeness (QED) is 0.722. The number of benzene rings is 1. The molecule has 1 amide bonds. The summed E-state index contributed by atoms with van der Waals surface area (Å²) in [5.74, 6) is -0.0257. The number of cyclic esters (lactones) is 1. The van der Waals surface area contributed by atoms with Gasteiger partial charge in [0, 0.05) is 0 Å². The zero-order chi connectivity index (χ0) is 19.8. The van der Waals surface area contributed by atoms with Crippen LogP contribution in [0, 0.1) is 32.1 Å². The largest absolute Gasteiger partial charge is 0.468 e. The van der Waals surface area contributed by atoms with Crippen molar-refractivity contribution in [3.63, 3.8) is 0 Å². The lowest BCUT2D eigenvalue weighted by Gasteiger charge is -2.34. The van der Waals surface area contributed by atoms with Crippen LogP contribution in [0.4, 0.5) is 10.5 Å². The number of esters is 1. The molecule has 2 rings (SSSR count). The molecule has 0 N–H and O–H groups in total. The number of anilines is 1. The molecule has 1 aliphatic heterocycles. The molecule has 2 atom stereocenters. The third-order valence-corrected chi connectivity index (χ3v) is 5.12. The number of nitrogens with zero attached hydrogens (tertiary/aromatic N) is 1. The zero-order valence-corrected chi connectivity index (χ0v) is 17.2. The molecule has 0 spiro atoms. The van der Waals surface area contributed by atoms with Crippen molar-refractivity contribution >= 4 is 17.7 Å². The van der Waals surface area contributed by atoms with Gasteiger partial charge in [0.05, 0.1) is 18.8 Å². The van der Waals surface area contributed by atoms with Gasteiger partial charge in [-0.2, -0.15) is 0 Å². The molecule has 1 aliphatic rings. The van der Waals surface area contributed by atoms with Crippen LogP contribution in [-0.2, 0) is 14.3 Å². The van der Waals surface area contributed by atoms with Gasteiger partial charge >= 0.3 is 12.1 Å². The molecule has 1 fully saturated rings. The molecule has 144 valence electrons. The first-order chi connectivity index (χ1) is 12.0. The molecule has 1 saturated heterocycles. The van der Waals surface area contributed by atoms with Gasteiger partial charge in [-0.3, -0.25) is 9.69 Å². The molecule has 0 unspecified atom stereocenters. The summed E-state index contributed by atoms with van der Waals surface area (Å²) in [6, 6.07) is 3.92. The van der Waals surface area contributed by atoms with Gasteiger partial charge in [-0.1, -0.05) is 31.5 Å². The summed E-state index contributed by atoms with van der Waals surface area (Å²) < 4.78 is 10.7. The highest BCUT2D eigenvalue weighted by atomic mass is 16.6. The van der Waals surface area contributed by atoms with Gasteiger partial charge in [-0.05, 0) is 58.1 Å². The number of methoxy groups -OCH3 is 1. The molecule has 1 aromatic carbocycles. The normalized spacial score (nSPS) is 20.5. The summed E-state index contributed by atoms with van der Waals surface area (Å²) >= 11 is 0. The van der Waals surface area contributed by atoms with Gasteiger partial charge in [-0.15, -0.1) is 0 Å². The molecular weight excluding hydrogens is 330 g/mol. The zero-order valence-electron chi connectivity index (χ0n) is 17.2. The predicted octanol–water partition coefficient (Wildman–Crippen LogP) is 4.55. The second kappa shape index (κ2) is 7.29. The molecule has 0 saturated carbocycles. The van der Waals surface area contributed by atoms with Crippen LogP contribution in [0.5, 0.6) is 0 Å². The Morgan fingerprint density at radius 2 is 1.77 bits per heavy atom. The van der Waals surface area contributed by atoms with Gasteiger partial charge in [0.1, 0.15) is 11.5 Å². The predicted molar refractivity (Wildman–Crippen MR) is 102 cm³/mol. The molecular formula is C21H31NO4. The van der Waals surface area contributed by atoms with E-state index in [4.69, 9.17) is 9.47 Å². The van der Waals surface area contributed by atoms with E-state index in [0.29, 0.717) is 5.92 Å². The fraction of sp³-hybridized carbons (Fsp3) is 0.619. The first-order valence-electron chi connectivity index (χ1n) is 9.16. The van der Waals surface area contributed by atoms with Crippen molar-refractivity contribution in [2.75, 3.05) is 12.0 Å². The van der Waals surface area contributed by atoms with Crippen LogP contribution in [0.25, 0.3) is 0 Å². The summed E-state index contributed by atoms with van der Waals surface area (Å²) in [6.07, 6.45) is -0.221. The van der Waals surface area contributed by atoms with Crippen molar-refractivity contribution in [2.45, 2.75) is 67.0 Å². The van der Waals surface area contributed by atoms with Gasteiger partial charge < -0.3 is 9.47 Å². The molecule has 0 aromatic heterocycles. The maximum absolute atomic E-state index is 12.9. The van der Waals surface area contributed by atoms with Crippen molar-refractivity contribution in [2.24, 2.45) is 11.3 Å². The summed E-state index contributed by atoms with van der Waals surface area (Å²) in [5.41, 5.74) is 3.18. The summed E-state index contributed by atoms with van der Waals surface area (Å²) in [4.78, 5) is 27.0. The Balaban J connectivity index is 2.56. The van der Waals surface area contributed by atoms with Crippen molar-refractivity contribution in [3.05, 3.63) is 28.8 Å². The highest BCUT2D eigenvalue weighted by Crippen LogP contribution is 2.41. The summed E-state index contributed by atoms with van der Waals surface area (Å²) in [6.45, 7) is 13.8. The molecule has 1 aromatic rings. The SMILES string of the molecule is COC(=O)C(C)(C)[C@@H]1OC(=O)N(c2c(C)cc(C)cc2C)[C@H]1CC(C)C. The number of hydrogen-bond acceptors (Lipinski definition) is 4. The van der Waals surface area contributed by atoms with Crippen LogP contribution in [-0.4, -0.2) is 31.3 Å². The number of rotatable bonds is 5. The van der Waals surface area contributed by atoms with Crippen molar-refractivity contribution in [3.8, 4) is 0 Å². The third-order valence-electron chi connectivity index (χ3n) is 5.12. The molecule has 5 heteroatoms. The lowest BCUT2D eigenvalue weighted by Crippen LogP contribution is -2.48. The first kappa shape index (κ1) is 20.3. The monoisotopic (exact) mass is 361 g/mol. The van der Waals surface area contributed by atoms with Crippen LogP contribution in [0.1, 0.15) is 50.8 Å². The molecule has 5 nitrogen and oxygen atoms in total. The summed E-state index contributed by atoms with van der Waals surface area (Å²) in [5, 5.41) is 0. The standard InChI is InChI=1S/C21H31NO4/c1-12(2)9-16-18(21(6,7)19(23)25-8)26-20(24)22(16)17-14(4)10-13(3)11-15(17)5/h10-12,16,18H,9H2,1-8H3/t16-,18+/m0/s1. The van der Waals surface area contributed by atoms with Crippen molar-refractivity contribution in [1.29, 1.82) is 0 Å². The second-order valence-corrected chi connectivity index (χ2v) is 8.33. The number of carbonyl (C=O) groups is 2. The van der Waals surface area contributed by atoms with E-state index in [2.05, 4.69) is 26.0 Å². The topological polar surface area (TPSA) is 55.8 Å². The Kier molecular flexibility index (Phi) is 5.69. The van der Waals surface area contributed by atoms with E-state index in [1.54, 1.807) is 18.7 Å². The van der Waals surface area contributed by atoms with E-state index in [1.807, 2.05) is 20.8 Å². The van der Waals surface area contributed by atoms with Crippen molar-refractivity contribution < 1.29 is 19.1 Å². The van der Waals surface area contributed by atoms with E-state index in [0.717, 1.165) is 28.8 Å². The maximum atomic E-state index is 12.9. The maximum Gasteiger partial charge on any atom is 0.415 e. The minimum atomic E-state index is -0.925. The number of aryl methyl sites for hydroxylation is 3. The van der Waals surface area contributed by atoms with Gasteiger partial charge in [-0.25, -0.2) is 4.79 Å². The average Bonchev–Trinajstić information content (AvgIpc) is 2.82. The Hall–Kier alpha value is -2.04. The highest BCUT2D eigenvalue weighted by Gasteiger charge is 2.53. The third kappa shape index (κ3) is 3.57. The van der Waals surface area contributed by atoms with Gasteiger partial charge in [0.2, 0.25) is 0 Å². The van der Waals surface area contributed by atoms with E-state index in [1.165, 1.54) is 7.11 Å². The summed E-state index contributed by atoms with van der Waals surface area (Å²) in [7, 11) is 1.37. The Labute approximate surface area is 156 Å². The lowest BCUT2D eigenvalue weighted by molar-refractivity contribution is -0.156. The van der Waals surface area contributed by atoms with E-state index >= 15 is 0 Å². The number of carbonyl (C=O) groups excluding carboxylic acids is 2. The Bertz CT molecular complexity index is 685. The smallest absolute Gasteiger partial charge is 0.415 e. The van der Waals surface area contributed by atoms with Gasteiger partial charge in [0.25, 0.3) is 0 Å². The van der Waals surface area contributed by atoms with E-state index < -0.39 is 17.6 Å². The highest BCUT2D eigenvalue weighted by molar-refractivity contribution is 5.93. The molecule has 0 aliphatic carbocycles. The number of ether oxygens (including phenoxy) is 2. The van der Waals surface area contributed by atoms with E-state index in [9.17, 15) is 9.59 Å². The Morgan fingerprint density at radius 1 is 1.23 bits per heavy atom. The number of amides is 1. The van der Waals surface area contributed by atoms with Crippen LogP contribution in [0.15, 0.2) is 12.1 Å². The fourth-order valence-corrected chi connectivity index (χ4v) is 4.04. The van der Waals surface area contributed by atoms with Crippen LogP contribution in [0.2, 0.25) is 0 Å². The van der Waals surface area contributed by atoms with Gasteiger partial charge in [0.15, 0.2) is 0 Å². The molecule has 26 heavy (non-hydrogen) atoms. The second-order valence-electron chi connectivity index (χ2n) is 8.33. The minimum Gasteiger partial charge on any atom is -0.468 e. The first-order valence-corrected chi connectivity index (χ1v) is 9.16. The molecule has 1 heterocycles. The van der Waals surface area contributed by atoms with Crippen LogP contribution < -0.4 is 4.90 Å². The Morgan fingerprint density at radius 3 is 2.23 bits per heavy atom. The molecule has 0 radical (unpaired) electrons. The number of hydrogen-bond donors (Lipinski definition) is 0. The lowest BCUT2D eigenvalue weighted by atomic mass is 9.80. The van der Waals surface area contributed by atoms with Crippen LogP contribution in [0.3, 0.4) is 0 Å². The molecule has 0 bridgehead atoms. The fourth-order valence-electron chi connectivity index (χ4n) is 4.04. The average molecular weight is 361 g/mol. The minimum absolute atomic E-state index is 0.225. The van der Waals surface area contributed by atoms with Crippen LogP contribution >= 0.6 is 0 Å². The van der Waals surface area contributed by atoms with E-state index in [-0.39, 0.29) is 12.0 Å². The van der Waals surface area contributed by atoms with Crippen molar-refractivity contribution in [1.82, 2.24) is 0 Å².